The lowest BCUT2D eigenvalue weighted by Gasteiger charge is -2.31. The zero-order valence-electron chi connectivity index (χ0n) is 12.7. The number of piperazine rings is 1. The summed E-state index contributed by atoms with van der Waals surface area (Å²) < 4.78 is 27.1. The summed E-state index contributed by atoms with van der Waals surface area (Å²) in [7, 11) is -1.67. The standard InChI is InChI=1S/C15H17N5O2S/c1-19-6-8-20(9-7-19)23(21,22)15-5-3-2-4-14(15)18-12-13(10-16)11-17/h2-5,12,18H,6-9H2,1H3. The van der Waals surface area contributed by atoms with Crippen molar-refractivity contribution in [3.63, 3.8) is 0 Å². The van der Waals surface area contributed by atoms with Crippen LogP contribution in [-0.2, 0) is 10.0 Å². The van der Waals surface area contributed by atoms with E-state index in [-0.39, 0.29) is 10.5 Å². The zero-order chi connectivity index (χ0) is 16.9. The first kappa shape index (κ1) is 17.0. The van der Waals surface area contributed by atoms with Crippen LogP contribution >= 0.6 is 0 Å². The van der Waals surface area contributed by atoms with Crippen LogP contribution in [0.5, 0.6) is 0 Å². The van der Waals surface area contributed by atoms with Gasteiger partial charge in [0.25, 0.3) is 0 Å². The SMILES string of the molecule is CN1CCN(S(=O)(=O)c2ccccc2NC=C(C#N)C#N)CC1. The molecule has 0 spiro atoms. The van der Waals surface area contributed by atoms with Crippen LogP contribution in [0.4, 0.5) is 5.69 Å². The second-order valence-corrected chi connectivity index (χ2v) is 7.04. The van der Waals surface area contributed by atoms with Gasteiger partial charge in [-0.05, 0) is 19.2 Å². The summed E-state index contributed by atoms with van der Waals surface area (Å²) in [5.41, 5.74) is 0.214. The summed E-state index contributed by atoms with van der Waals surface area (Å²) >= 11 is 0. The van der Waals surface area contributed by atoms with Gasteiger partial charge in [0, 0.05) is 32.4 Å². The normalized spacial score (nSPS) is 16.1. The van der Waals surface area contributed by atoms with Crippen molar-refractivity contribution in [1.29, 1.82) is 10.5 Å². The Labute approximate surface area is 136 Å². The summed E-state index contributed by atoms with van der Waals surface area (Å²) in [6.45, 7) is 2.23. The van der Waals surface area contributed by atoms with Crippen molar-refractivity contribution >= 4 is 15.7 Å². The fourth-order valence-electron chi connectivity index (χ4n) is 2.22. The van der Waals surface area contributed by atoms with Crippen LogP contribution < -0.4 is 5.32 Å². The van der Waals surface area contributed by atoms with Gasteiger partial charge >= 0.3 is 0 Å². The molecule has 23 heavy (non-hydrogen) atoms. The van der Waals surface area contributed by atoms with Crippen LogP contribution in [0, 0.1) is 22.7 Å². The van der Waals surface area contributed by atoms with Crippen LogP contribution in [0.15, 0.2) is 40.9 Å². The van der Waals surface area contributed by atoms with Crippen molar-refractivity contribution < 1.29 is 8.42 Å². The first-order valence-corrected chi connectivity index (χ1v) is 8.47. The van der Waals surface area contributed by atoms with Crippen LogP contribution in [0.3, 0.4) is 0 Å². The molecule has 120 valence electrons. The second kappa shape index (κ2) is 7.25. The maximum atomic E-state index is 12.8. The van der Waals surface area contributed by atoms with Gasteiger partial charge in [-0.15, -0.1) is 0 Å². The Kier molecular flexibility index (Phi) is 5.35. The van der Waals surface area contributed by atoms with E-state index in [1.165, 1.54) is 16.6 Å². The fourth-order valence-corrected chi connectivity index (χ4v) is 3.80. The van der Waals surface area contributed by atoms with Crippen LogP contribution in [0.2, 0.25) is 0 Å². The Morgan fingerprint density at radius 2 is 1.78 bits per heavy atom. The highest BCUT2D eigenvalue weighted by molar-refractivity contribution is 7.89. The molecule has 0 unspecified atom stereocenters. The molecule has 1 aromatic rings. The van der Waals surface area contributed by atoms with E-state index in [1.54, 1.807) is 30.3 Å². The van der Waals surface area contributed by atoms with Crippen LogP contribution in [-0.4, -0.2) is 50.8 Å². The molecule has 0 aromatic heterocycles. The molecule has 2 rings (SSSR count). The molecular weight excluding hydrogens is 314 g/mol. The van der Waals surface area contributed by atoms with Gasteiger partial charge in [0.15, 0.2) is 0 Å². The average molecular weight is 331 g/mol. The van der Waals surface area contributed by atoms with E-state index in [0.29, 0.717) is 31.9 Å². The van der Waals surface area contributed by atoms with Crippen molar-refractivity contribution in [2.75, 3.05) is 38.5 Å². The third-order valence-corrected chi connectivity index (χ3v) is 5.54. The molecule has 1 aliphatic rings. The van der Waals surface area contributed by atoms with Crippen LogP contribution in [0.25, 0.3) is 0 Å². The summed E-state index contributed by atoms with van der Waals surface area (Å²) in [6.07, 6.45) is 1.21. The van der Waals surface area contributed by atoms with Gasteiger partial charge in [0.2, 0.25) is 10.0 Å². The summed E-state index contributed by atoms with van der Waals surface area (Å²) in [6, 6.07) is 9.90. The lowest BCUT2D eigenvalue weighted by molar-refractivity contribution is 0.222. The number of nitriles is 2. The first-order chi connectivity index (χ1) is 11.0. The van der Waals surface area contributed by atoms with Gasteiger partial charge in [-0.1, -0.05) is 12.1 Å². The number of nitrogens with one attached hydrogen (secondary N) is 1. The number of hydrogen-bond acceptors (Lipinski definition) is 6. The molecule has 0 radical (unpaired) electrons. The molecular formula is C15H17N5O2S. The summed E-state index contributed by atoms with van der Waals surface area (Å²) in [4.78, 5) is 2.21. The lowest BCUT2D eigenvalue weighted by atomic mass is 10.3. The number of sulfonamides is 1. The Morgan fingerprint density at radius 1 is 1.17 bits per heavy atom. The molecule has 0 aliphatic carbocycles. The molecule has 1 aliphatic heterocycles. The van der Waals surface area contributed by atoms with E-state index in [2.05, 4.69) is 10.2 Å². The van der Waals surface area contributed by atoms with Crippen LogP contribution in [0.1, 0.15) is 0 Å². The number of para-hydroxylation sites is 1. The first-order valence-electron chi connectivity index (χ1n) is 7.03. The number of benzene rings is 1. The molecule has 7 nitrogen and oxygen atoms in total. The minimum absolute atomic E-state index is 0.128. The predicted octanol–water partition coefficient (Wildman–Crippen LogP) is 0.966. The fraction of sp³-hybridized carbons (Fsp3) is 0.333. The number of anilines is 1. The third-order valence-electron chi connectivity index (χ3n) is 3.58. The van der Waals surface area contributed by atoms with E-state index < -0.39 is 10.0 Å². The molecule has 1 fully saturated rings. The van der Waals surface area contributed by atoms with E-state index in [4.69, 9.17) is 10.5 Å². The Hall–Kier alpha value is -2.39. The van der Waals surface area contributed by atoms with Crippen molar-refractivity contribution in [3.8, 4) is 12.1 Å². The molecule has 0 amide bonds. The Bertz CT molecular complexity index is 765. The van der Waals surface area contributed by atoms with Crippen molar-refractivity contribution in [2.45, 2.75) is 4.90 Å². The monoisotopic (exact) mass is 331 g/mol. The van der Waals surface area contributed by atoms with Gasteiger partial charge in [0.1, 0.15) is 22.6 Å². The highest BCUT2D eigenvalue weighted by Gasteiger charge is 2.29. The number of likely N-dealkylation sites (N-methyl/N-ethyl adjacent to an activating group) is 1. The highest BCUT2D eigenvalue weighted by atomic mass is 32.2. The van der Waals surface area contributed by atoms with Gasteiger partial charge in [-0.3, -0.25) is 0 Å². The van der Waals surface area contributed by atoms with E-state index in [1.807, 2.05) is 7.05 Å². The van der Waals surface area contributed by atoms with E-state index in [0.717, 1.165) is 0 Å². The molecule has 0 bridgehead atoms. The number of allylic oxidation sites excluding steroid dienone is 1. The maximum absolute atomic E-state index is 12.8. The number of nitrogens with zero attached hydrogens (tertiary/aromatic N) is 4. The van der Waals surface area contributed by atoms with E-state index >= 15 is 0 Å². The van der Waals surface area contributed by atoms with Gasteiger partial charge in [-0.25, -0.2) is 8.42 Å². The second-order valence-electron chi connectivity index (χ2n) is 5.13. The topological polar surface area (TPSA) is 100 Å². The van der Waals surface area contributed by atoms with Gasteiger partial charge in [0.05, 0.1) is 5.69 Å². The van der Waals surface area contributed by atoms with Crippen molar-refractivity contribution in [3.05, 3.63) is 36.0 Å². The highest BCUT2D eigenvalue weighted by Crippen LogP contribution is 2.25. The summed E-state index contributed by atoms with van der Waals surface area (Å²) in [5, 5.41) is 20.2. The molecule has 1 N–H and O–H groups in total. The van der Waals surface area contributed by atoms with E-state index in [9.17, 15) is 8.42 Å². The molecule has 1 saturated heterocycles. The molecule has 1 aromatic carbocycles. The minimum atomic E-state index is -3.63. The Balaban J connectivity index is 2.31. The Morgan fingerprint density at radius 3 is 2.39 bits per heavy atom. The average Bonchev–Trinajstić information content (AvgIpc) is 2.56. The number of hydrogen-bond donors (Lipinski definition) is 1. The zero-order valence-corrected chi connectivity index (χ0v) is 13.5. The maximum Gasteiger partial charge on any atom is 0.245 e. The van der Waals surface area contributed by atoms with Gasteiger partial charge in [-0.2, -0.15) is 14.8 Å². The largest absolute Gasteiger partial charge is 0.359 e. The quantitative estimate of drug-likeness (QED) is 0.825. The molecule has 0 saturated carbocycles. The molecule has 0 atom stereocenters. The predicted molar refractivity (Wildman–Crippen MR) is 85.6 cm³/mol. The number of rotatable bonds is 4. The molecule has 8 heteroatoms. The molecule has 1 heterocycles. The third kappa shape index (κ3) is 3.88. The van der Waals surface area contributed by atoms with Crippen molar-refractivity contribution in [1.82, 2.24) is 9.21 Å². The minimum Gasteiger partial charge on any atom is -0.359 e. The van der Waals surface area contributed by atoms with Crippen molar-refractivity contribution in [2.24, 2.45) is 0 Å². The van der Waals surface area contributed by atoms with Gasteiger partial charge < -0.3 is 10.2 Å². The lowest BCUT2D eigenvalue weighted by Crippen LogP contribution is -2.47. The smallest absolute Gasteiger partial charge is 0.245 e. The summed E-state index contributed by atoms with van der Waals surface area (Å²) in [5.74, 6) is 0.